The lowest BCUT2D eigenvalue weighted by atomic mass is 10.1. The number of carbonyl (C=O) groups excluding carboxylic acids is 1. The Balaban J connectivity index is 1.70. The first-order valence-corrected chi connectivity index (χ1v) is 9.47. The Morgan fingerprint density at radius 2 is 1.96 bits per heavy atom. The van der Waals surface area contributed by atoms with Gasteiger partial charge in [-0.1, -0.05) is 0 Å². The zero-order valence-electron chi connectivity index (χ0n) is 14.9. The van der Waals surface area contributed by atoms with E-state index in [1.807, 2.05) is 0 Å². The van der Waals surface area contributed by atoms with Crippen LogP contribution in [0.3, 0.4) is 0 Å². The van der Waals surface area contributed by atoms with Crippen molar-refractivity contribution in [2.75, 3.05) is 7.11 Å². The smallest absolute Gasteiger partial charge is 0.348 e. The topological polar surface area (TPSA) is 61.3 Å². The van der Waals surface area contributed by atoms with Crippen LogP contribution in [-0.4, -0.2) is 23.0 Å². The molecular formula is C20H16F2N2O3S. The van der Waals surface area contributed by atoms with E-state index in [-0.39, 0.29) is 12.4 Å². The van der Waals surface area contributed by atoms with Crippen molar-refractivity contribution in [2.45, 2.75) is 25.4 Å². The molecule has 1 aliphatic carbocycles. The van der Waals surface area contributed by atoms with Gasteiger partial charge in [0.15, 0.2) is 0 Å². The van der Waals surface area contributed by atoms with E-state index in [9.17, 15) is 13.6 Å². The number of hydrogen-bond donors (Lipinski definition) is 0. The summed E-state index contributed by atoms with van der Waals surface area (Å²) in [4.78, 5) is 21.4. The summed E-state index contributed by atoms with van der Waals surface area (Å²) in [6, 6.07) is 4.25. The van der Waals surface area contributed by atoms with Gasteiger partial charge in [-0.25, -0.2) is 18.6 Å². The molecule has 3 heterocycles. The fourth-order valence-corrected chi connectivity index (χ4v) is 4.12. The highest BCUT2D eigenvalue weighted by molar-refractivity contribution is 7.14. The van der Waals surface area contributed by atoms with Gasteiger partial charge >= 0.3 is 5.97 Å². The second-order valence-corrected chi connectivity index (χ2v) is 7.54. The summed E-state index contributed by atoms with van der Waals surface area (Å²) >= 11 is 1.36. The number of ether oxygens (including phenoxy) is 2. The van der Waals surface area contributed by atoms with Crippen molar-refractivity contribution in [1.82, 2.24) is 9.97 Å². The lowest BCUT2D eigenvalue weighted by molar-refractivity contribution is 0.0606. The molecule has 0 radical (unpaired) electrons. The van der Waals surface area contributed by atoms with Crippen LogP contribution in [0.5, 0.6) is 5.75 Å². The van der Waals surface area contributed by atoms with Gasteiger partial charge in [0.2, 0.25) is 0 Å². The van der Waals surface area contributed by atoms with Crippen LogP contribution in [0, 0.1) is 11.6 Å². The highest BCUT2D eigenvalue weighted by Crippen LogP contribution is 2.49. The predicted molar refractivity (Wildman–Crippen MR) is 99.3 cm³/mol. The number of hydrogen-bond acceptors (Lipinski definition) is 6. The molecule has 0 bridgehead atoms. The standard InChI is InChI=1S/C20H16F2N2O3S/c1-26-20(25)17-6-15(19(28-17)12-2-3-12)18-16(5-14(22)9-24-18)27-10-11-4-13(21)8-23-7-11/h4-9,12H,2-3,10H2,1H3. The second kappa shape index (κ2) is 7.63. The fraction of sp³-hybridized carbons (Fsp3) is 0.250. The highest BCUT2D eigenvalue weighted by atomic mass is 32.1. The van der Waals surface area contributed by atoms with Gasteiger partial charge < -0.3 is 9.47 Å². The zero-order chi connectivity index (χ0) is 19.7. The Morgan fingerprint density at radius 1 is 1.18 bits per heavy atom. The molecule has 28 heavy (non-hydrogen) atoms. The van der Waals surface area contributed by atoms with E-state index in [1.54, 1.807) is 6.07 Å². The summed E-state index contributed by atoms with van der Waals surface area (Å²) in [5, 5.41) is 0. The Morgan fingerprint density at radius 3 is 2.68 bits per heavy atom. The maximum Gasteiger partial charge on any atom is 0.348 e. The number of pyridine rings is 2. The quantitative estimate of drug-likeness (QED) is 0.558. The third-order valence-corrected chi connectivity index (χ3v) is 5.60. The van der Waals surface area contributed by atoms with Crippen LogP contribution in [0.4, 0.5) is 8.78 Å². The molecule has 0 amide bonds. The maximum absolute atomic E-state index is 13.8. The number of thiophene rings is 1. The van der Waals surface area contributed by atoms with Gasteiger partial charge in [-0.05, 0) is 30.9 Å². The van der Waals surface area contributed by atoms with Crippen LogP contribution in [0.25, 0.3) is 11.3 Å². The van der Waals surface area contributed by atoms with E-state index < -0.39 is 17.6 Å². The molecule has 0 spiro atoms. The predicted octanol–water partition coefficient (Wildman–Crippen LogP) is 4.73. The van der Waals surface area contributed by atoms with E-state index in [0.29, 0.717) is 22.1 Å². The minimum Gasteiger partial charge on any atom is -0.486 e. The maximum atomic E-state index is 13.8. The summed E-state index contributed by atoms with van der Waals surface area (Å²) in [6.45, 7) is 0.00957. The largest absolute Gasteiger partial charge is 0.486 e. The van der Waals surface area contributed by atoms with E-state index in [1.165, 1.54) is 36.8 Å². The molecule has 1 fully saturated rings. The molecule has 8 heteroatoms. The second-order valence-electron chi connectivity index (χ2n) is 6.45. The number of halogens is 2. The average Bonchev–Trinajstić information content (AvgIpc) is 3.44. The van der Waals surface area contributed by atoms with Crippen molar-refractivity contribution in [3.05, 3.63) is 63.7 Å². The monoisotopic (exact) mass is 402 g/mol. The first kappa shape index (κ1) is 18.5. The van der Waals surface area contributed by atoms with Crippen LogP contribution in [0.15, 0.2) is 36.8 Å². The molecule has 5 nitrogen and oxygen atoms in total. The van der Waals surface area contributed by atoms with Gasteiger partial charge in [0.25, 0.3) is 0 Å². The van der Waals surface area contributed by atoms with Gasteiger partial charge in [-0.2, -0.15) is 0 Å². The number of aromatic nitrogens is 2. The molecule has 0 atom stereocenters. The van der Waals surface area contributed by atoms with E-state index in [2.05, 4.69) is 9.97 Å². The van der Waals surface area contributed by atoms with Crippen molar-refractivity contribution >= 4 is 17.3 Å². The highest BCUT2D eigenvalue weighted by Gasteiger charge is 2.31. The average molecular weight is 402 g/mol. The van der Waals surface area contributed by atoms with E-state index in [0.717, 1.165) is 35.7 Å². The van der Waals surface area contributed by atoms with Crippen LogP contribution >= 0.6 is 11.3 Å². The lowest BCUT2D eigenvalue weighted by Gasteiger charge is -2.11. The Labute approximate surface area is 164 Å². The van der Waals surface area contributed by atoms with Crippen molar-refractivity contribution < 1.29 is 23.0 Å². The van der Waals surface area contributed by atoms with E-state index >= 15 is 0 Å². The van der Waals surface area contributed by atoms with Crippen molar-refractivity contribution in [1.29, 1.82) is 0 Å². The Kier molecular flexibility index (Phi) is 5.04. The number of rotatable bonds is 6. The summed E-state index contributed by atoms with van der Waals surface area (Å²) in [6.07, 6.45) is 5.74. The SMILES string of the molecule is COC(=O)c1cc(-c2ncc(F)cc2OCc2cncc(F)c2)c(C2CC2)s1. The number of methoxy groups -OCH3 is 1. The van der Waals surface area contributed by atoms with Crippen molar-refractivity contribution in [2.24, 2.45) is 0 Å². The molecule has 0 aliphatic heterocycles. The van der Waals surface area contributed by atoms with Crippen molar-refractivity contribution in [3.63, 3.8) is 0 Å². The van der Waals surface area contributed by atoms with Gasteiger partial charge in [0, 0.05) is 28.3 Å². The molecule has 3 aromatic heterocycles. The van der Waals surface area contributed by atoms with Gasteiger partial charge in [0.05, 0.1) is 19.5 Å². The molecule has 4 rings (SSSR count). The molecule has 0 aromatic carbocycles. The molecule has 3 aromatic rings. The minimum absolute atomic E-state index is 0.00957. The van der Waals surface area contributed by atoms with Crippen LogP contribution in [0.1, 0.15) is 38.9 Å². The summed E-state index contributed by atoms with van der Waals surface area (Å²) in [7, 11) is 1.33. The number of carbonyl (C=O) groups is 1. The van der Waals surface area contributed by atoms with E-state index in [4.69, 9.17) is 9.47 Å². The zero-order valence-corrected chi connectivity index (χ0v) is 15.8. The van der Waals surface area contributed by atoms with Gasteiger partial charge in [-0.15, -0.1) is 11.3 Å². The third kappa shape index (κ3) is 3.87. The molecular weight excluding hydrogens is 386 g/mol. The Bertz CT molecular complexity index is 1030. The van der Waals surface area contributed by atoms with Crippen molar-refractivity contribution in [3.8, 4) is 17.0 Å². The molecule has 0 saturated heterocycles. The summed E-state index contributed by atoms with van der Waals surface area (Å²) < 4.78 is 37.7. The van der Waals surface area contributed by atoms with Gasteiger partial charge in [-0.3, -0.25) is 4.98 Å². The fourth-order valence-electron chi connectivity index (χ4n) is 2.87. The van der Waals surface area contributed by atoms with Crippen LogP contribution in [-0.2, 0) is 11.3 Å². The normalized spacial score (nSPS) is 13.4. The Hall–Kier alpha value is -2.87. The first-order chi connectivity index (χ1) is 13.5. The molecule has 1 saturated carbocycles. The first-order valence-electron chi connectivity index (χ1n) is 8.65. The van der Waals surface area contributed by atoms with Crippen LogP contribution in [0.2, 0.25) is 0 Å². The molecule has 0 unspecified atom stereocenters. The third-order valence-electron chi connectivity index (χ3n) is 4.33. The number of nitrogens with zero attached hydrogens (tertiary/aromatic N) is 2. The summed E-state index contributed by atoms with van der Waals surface area (Å²) in [5.41, 5.74) is 1.69. The summed E-state index contributed by atoms with van der Waals surface area (Å²) in [5.74, 6) is -0.873. The molecule has 144 valence electrons. The minimum atomic E-state index is -0.549. The molecule has 1 aliphatic rings. The van der Waals surface area contributed by atoms with Crippen LogP contribution < -0.4 is 4.74 Å². The lowest BCUT2D eigenvalue weighted by Crippen LogP contribution is -2.01. The molecule has 0 N–H and O–H groups in total. The number of esters is 1. The van der Waals surface area contributed by atoms with Gasteiger partial charge in [0.1, 0.15) is 34.6 Å².